The Labute approximate surface area is 193 Å². The third-order valence-corrected chi connectivity index (χ3v) is 5.66. The summed E-state index contributed by atoms with van der Waals surface area (Å²) in [7, 11) is 0. The molecule has 2 heterocycles. The summed E-state index contributed by atoms with van der Waals surface area (Å²) in [5.41, 5.74) is 3.56. The lowest BCUT2D eigenvalue weighted by atomic mass is 10.0. The van der Waals surface area contributed by atoms with Crippen molar-refractivity contribution in [1.29, 1.82) is 0 Å². The second-order valence-electron chi connectivity index (χ2n) is 8.29. The molecule has 0 radical (unpaired) electrons. The summed E-state index contributed by atoms with van der Waals surface area (Å²) in [5.74, 6) is 0. The lowest BCUT2D eigenvalue weighted by Gasteiger charge is -2.12. The molecule has 2 fully saturated rings. The van der Waals surface area contributed by atoms with Gasteiger partial charge in [0.05, 0.1) is 12.2 Å². The molecule has 2 aliphatic heterocycles. The van der Waals surface area contributed by atoms with Crippen molar-refractivity contribution in [3.8, 4) is 0 Å². The van der Waals surface area contributed by atoms with Gasteiger partial charge in [0.15, 0.2) is 0 Å². The molecule has 2 aromatic carbocycles. The van der Waals surface area contributed by atoms with E-state index in [-0.39, 0.29) is 25.4 Å². The standard InChI is InChI=1S/C25H30N2O6/c28-24(32-16-22-3-1-13-30-22)26-20-9-5-18(6-10-20)15-19-7-11-21(12-8-19)27-25(29)33-17-23-4-2-14-31-23/h5-12,22-23H,1-4,13-17H2,(H,26,28)(H,27,29)/t22-,23+. The average Bonchev–Trinajstić information content (AvgIpc) is 3.53. The zero-order valence-electron chi connectivity index (χ0n) is 18.6. The molecule has 0 aliphatic carbocycles. The lowest BCUT2D eigenvalue weighted by Crippen LogP contribution is -2.21. The smallest absolute Gasteiger partial charge is 0.411 e. The minimum Gasteiger partial charge on any atom is -0.447 e. The molecule has 2 N–H and O–H groups in total. The van der Waals surface area contributed by atoms with Gasteiger partial charge in [-0.25, -0.2) is 9.59 Å². The third-order valence-electron chi connectivity index (χ3n) is 5.66. The molecule has 8 nitrogen and oxygen atoms in total. The lowest BCUT2D eigenvalue weighted by molar-refractivity contribution is 0.0484. The molecule has 2 saturated heterocycles. The molecule has 0 aromatic heterocycles. The Morgan fingerprint density at radius 3 is 1.52 bits per heavy atom. The number of carbonyl (C=O) groups is 2. The predicted octanol–water partition coefficient (Wildman–Crippen LogP) is 4.73. The van der Waals surface area contributed by atoms with Gasteiger partial charge in [-0.05, 0) is 67.5 Å². The number of anilines is 2. The molecule has 4 rings (SSSR count). The fourth-order valence-electron chi connectivity index (χ4n) is 3.84. The topological polar surface area (TPSA) is 95.1 Å². The highest BCUT2D eigenvalue weighted by Gasteiger charge is 2.18. The molecule has 0 bridgehead atoms. The number of rotatable bonds is 8. The molecule has 0 spiro atoms. The molecule has 2 atom stereocenters. The second kappa shape index (κ2) is 11.7. The number of carbonyl (C=O) groups excluding carboxylic acids is 2. The van der Waals surface area contributed by atoms with E-state index in [1.54, 1.807) is 0 Å². The van der Waals surface area contributed by atoms with Crippen LogP contribution in [0.25, 0.3) is 0 Å². The molecule has 0 saturated carbocycles. The van der Waals surface area contributed by atoms with E-state index < -0.39 is 12.2 Å². The molecule has 2 amide bonds. The van der Waals surface area contributed by atoms with Crippen molar-refractivity contribution in [2.24, 2.45) is 0 Å². The number of nitrogens with one attached hydrogen (secondary N) is 2. The highest BCUT2D eigenvalue weighted by atomic mass is 16.6. The molecule has 176 valence electrons. The molecular formula is C25H30N2O6. The van der Waals surface area contributed by atoms with Gasteiger partial charge in [-0.1, -0.05) is 24.3 Å². The van der Waals surface area contributed by atoms with Crippen LogP contribution in [0.1, 0.15) is 36.8 Å². The van der Waals surface area contributed by atoms with Crippen molar-refractivity contribution in [2.75, 3.05) is 37.1 Å². The van der Waals surface area contributed by atoms with Gasteiger partial charge in [-0.15, -0.1) is 0 Å². The first-order valence-corrected chi connectivity index (χ1v) is 11.4. The van der Waals surface area contributed by atoms with Crippen LogP contribution in [0.2, 0.25) is 0 Å². The van der Waals surface area contributed by atoms with E-state index in [2.05, 4.69) is 10.6 Å². The summed E-state index contributed by atoms with van der Waals surface area (Å²) in [6, 6.07) is 15.2. The van der Waals surface area contributed by atoms with Gasteiger partial charge >= 0.3 is 12.2 Å². The van der Waals surface area contributed by atoms with Crippen LogP contribution in [0.5, 0.6) is 0 Å². The summed E-state index contributed by atoms with van der Waals surface area (Å²) >= 11 is 0. The molecule has 2 aromatic rings. The van der Waals surface area contributed by atoms with Gasteiger partial charge in [0.1, 0.15) is 13.2 Å². The monoisotopic (exact) mass is 454 g/mol. The molecule has 8 heteroatoms. The minimum absolute atomic E-state index is 0.0110. The summed E-state index contributed by atoms with van der Waals surface area (Å²) in [4.78, 5) is 23.9. The maximum Gasteiger partial charge on any atom is 0.411 e. The maximum atomic E-state index is 11.9. The normalized spacial score (nSPS) is 19.8. The quantitative estimate of drug-likeness (QED) is 0.599. The van der Waals surface area contributed by atoms with Crippen LogP contribution < -0.4 is 10.6 Å². The largest absolute Gasteiger partial charge is 0.447 e. The van der Waals surface area contributed by atoms with Gasteiger partial charge in [-0.2, -0.15) is 0 Å². The SMILES string of the molecule is O=C(Nc1ccc(Cc2ccc(NC(=O)OC[C@@H]3CCCO3)cc2)cc1)OC[C@H]1CCCO1. The Bertz CT molecular complexity index is 828. The fraction of sp³-hybridized carbons (Fsp3) is 0.440. The number of benzene rings is 2. The highest BCUT2D eigenvalue weighted by molar-refractivity contribution is 5.85. The average molecular weight is 455 g/mol. The molecule has 2 aliphatic rings. The van der Waals surface area contributed by atoms with E-state index >= 15 is 0 Å². The van der Waals surface area contributed by atoms with Gasteiger partial charge in [-0.3, -0.25) is 10.6 Å². The van der Waals surface area contributed by atoms with Gasteiger partial charge in [0.2, 0.25) is 0 Å². The Morgan fingerprint density at radius 1 is 0.727 bits per heavy atom. The van der Waals surface area contributed by atoms with Crippen molar-refractivity contribution >= 4 is 23.6 Å². The Balaban J connectivity index is 1.19. The second-order valence-corrected chi connectivity index (χ2v) is 8.29. The van der Waals surface area contributed by atoms with Crippen LogP contribution in [0, 0.1) is 0 Å². The van der Waals surface area contributed by atoms with Crippen LogP contribution >= 0.6 is 0 Å². The molecular weight excluding hydrogens is 424 g/mol. The van der Waals surface area contributed by atoms with E-state index in [4.69, 9.17) is 18.9 Å². The third kappa shape index (κ3) is 7.47. The number of hydrogen-bond acceptors (Lipinski definition) is 6. The first-order valence-electron chi connectivity index (χ1n) is 11.4. The fourth-order valence-corrected chi connectivity index (χ4v) is 3.84. The van der Waals surface area contributed by atoms with Crippen molar-refractivity contribution in [3.05, 3.63) is 59.7 Å². The number of amides is 2. The Kier molecular flexibility index (Phi) is 8.16. The summed E-state index contributed by atoms with van der Waals surface area (Å²) < 4.78 is 21.3. The minimum atomic E-state index is -0.476. The van der Waals surface area contributed by atoms with Gasteiger partial charge in [0, 0.05) is 24.6 Å². The van der Waals surface area contributed by atoms with E-state index in [9.17, 15) is 9.59 Å². The van der Waals surface area contributed by atoms with E-state index in [1.807, 2.05) is 48.5 Å². The number of ether oxygens (including phenoxy) is 4. The van der Waals surface area contributed by atoms with Crippen LogP contribution in [-0.2, 0) is 25.4 Å². The molecule has 33 heavy (non-hydrogen) atoms. The highest BCUT2D eigenvalue weighted by Crippen LogP contribution is 2.17. The zero-order valence-corrected chi connectivity index (χ0v) is 18.6. The first kappa shape index (κ1) is 23.1. The van der Waals surface area contributed by atoms with E-state index in [0.717, 1.165) is 56.4 Å². The summed E-state index contributed by atoms with van der Waals surface area (Å²) in [6.07, 6.45) is 3.68. The maximum absolute atomic E-state index is 11.9. The number of hydrogen-bond donors (Lipinski definition) is 2. The van der Waals surface area contributed by atoms with Gasteiger partial charge in [0.25, 0.3) is 0 Å². The van der Waals surface area contributed by atoms with E-state index in [1.165, 1.54) is 0 Å². The molecule has 0 unspecified atom stereocenters. The van der Waals surface area contributed by atoms with Crippen LogP contribution in [-0.4, -0.2) is 50.8 Å². The van der Waals surface area contributed by atoms with Crippen molar-refractivity contribution in [1.82, 2.24) is 0 Å². The van der Waals surface area contributed by atoms with Crippen LogP contribution in [0.3, 0.4) is 0 Å². The van der Waals surface area contributed by atoms with Gasteiger partial charge < -0.3 is 18.9 Å². The van der Waals surface area contributed by atoms with Crippen LogP contribution in [0.4, 0.5) is 21.0 Å². The summed E-state index contributed by atoms with van der Waals surface area (Å²) in [6.45, 7) is 2.03. The van der Waals surface area contributed by atoms with Crippen molar-refractivity contribution < 1.29 is 28.5 Å². The Morgan fingerprint density at radius 2 is 1.15 bits per heavy atom. The first-order chi connectivity index (χ1) is 16.1. The zero-order chi connectivity index (χ0) is 22.9. The van der Waals surface area contributed by atoms with Crippen molar-refractivity contribution in [2.45, 2.75) is 44.3 Å². The Hall–Kier alpha value is -3.10. The van der Waals surface area contributed by atoms with Crippen LogP contribution in [0.15, 0.2) is 48.5 Å². The summed E-state index contributed by atoms with van der Waals surface area (Å²) in [5, 5.41) is 5.47. The van der Waals surface area contributed by atoms with E-state index in [0.29, 0.717) is 11.4 Å². The predicted molar refractivity (Wildman–Crippen MR) is 124 cm³/mol. The van der Waals surface area contributed by atoms with Crippen molar-refractivity contribution in [3.63, 3.8) is 0 Å².